The average Bonchev–Trinajstić information content (AvgIpc) is 3.13. The van der Waals surface area contributed by atoms with Gasteiger partial charge in [0.15, 0.2) is 0 Å². The second-order valence-corrected chi connectivity index (χ2v) is 9.94. The van der Waals surface area contributed by atoms with Gasteiger partial charge in [-0.15, -0.1) is 0 Å². The molecule has 0 aliphatic heterocycles. The van der Waals surface area contributed by atoms with Crippen LogP contribution in [-0.2, 0) is 11.8 Å². The zero-order valence-electron chi connectivity index (χ0n) is 16.5. The van der Waals surface area contributed by atoms with E-state index in [4.69, 9.17) is 9.47 Å². The Kier molecular flexibility index (Phi) is 2.92. The maximum absolute atomic E-state index is 5.97. The summed E-state index contributed by atoms with van der Waals surface area (Å²) in [5.74, 6) is 2.95. The molecule has 4 aliphatic rings. The first-order valence-electron chi connectivity index (χ1n) is 10.1. The first-order valence-corrected chi connectivity index (χ1v) is 10.1. The van der Waals surface area contributed by atoms with Gasteiger partial charge in [0.25, 0.3) is 0 Å². The van der Waals surface area contributed by atoms with Crippen LogP contribution in [0.4, 0.5) is 0 Å². The summed E-state index contributed by atoms with van der Waals surface area (Å²) in [6, 6.07) is 4.29. The molecule has 25 heavy (non-hydrogen) atoms. The lowest BCUT2D eigenvalue weighted by Gasteiger charge is -2.61. The minimum atomic E-state index is 0.278. The van der Waals surface area contributed by atoms with Crippen molar-refractivity contribution in [1.29, 1.82) is 0 Å². The van der Waals surface area contributed by atoms with E-state index in [0.717, 1.165) is 23.8 Å². The monoisotopic (exact) mass is 340 g/mol. The number of hydrogen-bond donors (Lipinski definition) is 0. The van der Waals surface area contributed by atoms with Gasteiger partial charge in [0.1, 0.15) is 11.5 Å². The van der Waals surface area contributed by atoms with Crippen molar-refractivity contribution < 1.29 is 9.47 Å². The Balaban J connectivity index is 1.85. The Hall–Kier alpha value is -1.18. The number of methoxy groups -OCH3 is 2. The number of ether oxygens (including phenoxy) is 2. The number of hydrogen-bond acceptors (Lipinski definition) is 2. The maximum atomic E-state index is 5.97. The molecule has 2 heteroatoms. The second kappa shape index (κ2) is 4.56. The predicted octanol–water partition coefficient (Wildman–Crippen LogP) is 5.51. The van der Waals surface area contributed by atoms with E-state index in [0.29, 0.717) is 16.2 Å². The van der Waals surface area contributed by atoms with Crippen molar-refractivity contribution in [3.05, 3.63) is 23.3 Å². The fourth-order valence-electron chi connectivity index (χ4n) is 8.19. The Labute approximate surface area is 152 Å². The van der Waals surface area contributed by atoms with Gasteiger partial charge in [-0.3, -0.25) is 0 Å². The van der Waals surface area contributed by atoms with E-state index in [-0.39, 0.29) is 5.41 Å². The SMILES string of the molecule is COc1ccc(OC)c2c1C[C@@]1(C)[C@H](C)CC[C@@]34C[C@]3(C)CCC[C@@]241. The van der Waals surface area contributed by atoms with Gasteiger partial charge in [0.05, 0.1) is 14.2 Å². The summed E-state index contributed by atoms with van der Waals surface area (Å²) in [6.45, 7) is 7.68. The third kappa shape index (κ3) is 1.48. The zero-order valence-corrected chi connectivity index (χ0v) is 16.5. The molecule has 0 heterocycles. The highest BCUT2D eigenvalue weighted by molar-refractivity contribution is 5.61. The Morgan fingerprint density at radius 1 is 1.00 bits per heavy atom. The fourth-order valence-corrected chi connectivity index (χ4v) is 8.19. The van der Waals surface area contributed by atoms with Gasteiger partial charge in [-0.2, -0.15) is 0 Å². The van der Waals surface area contributed by atoms with Gasteiger partial charge in [0.2, 0.25) is 0 Å². The highest BCUT2D eigenvalue weighted by Gasteiger charge is 2.82. The van der Waals surface area contributed by atoms with Gasteiger partial charge >= 0.3 is 0 Å². The molecule has 0 aromatic heterocycles. The molecule has 3 saturated carbocycles. The molecular formula is C23H32O2. The lowest BCUT2D eigenvalue weighted by molar-refractivity contribution is -0.0697. The van der Waals surface area contributed by atoms with Crippen LogP contribution in [0.5, 0.6) is 11.5 Å². The molecule has 4 aliphatic carbocycles. The van der Waals surface area contributed by atoms with Crippen LogP contribution >= 0.6 is 0 Å². The minimum Gasteiger partial charge on any atom is -0.496 e. The van der Waals surface area contributed by atoms with Crippen molar-refractivity contribution in [2.75, 3.05) is 14.2 Å². The summed E-state index contributed by atoms with van der Waals surface area (Å²) in [6.07, 6.45) is 9.47. The summed E-state index contributed by atoms with van der Waals surface area (Å²) in [4.78, 5) is 0. The van der Waals surface area contributed by atoms with Gasteiger partial charge in [-0.05, 0) is 72.8 Å². The van der Waals surface area contributed by atoms with Crippen LogP contribution in [0.2, 0.25) is 0 Å². The summed E-state index contributed by atoms with van der Waals surface area (Å²) in [7, 11) is 3.67. The maximum Gasteiger partial charge on any atom is 0.123 e. The van der Waals surface area contributed by atoms with E-state index >= 15 is 0 Å². The zero-order chi connectivity index (χ0) is 17.7. The van der Waals surface area contributed by atoms with Crippen molar-refractivity contribution in [2.45, 2.75) is 71.1 Å². The lowest BCUT2D eigenvalue weighted by atomic mass is 9.43. The molecule has 0 amide bonds. The predicted molar refractivity (Wildman–Crippen MR) is 100 cm³/mol. The Morgan fingerprint density at radius 2 is 1.72 bits per heavy atom. The summed E-state index contributed by atoms with van der Waals surface area (Å²) in [5.41, 5.74) is 4.63. The van der Waals surface area contributed by atoms with Crippen LogP contribution in [-0.4, -0.2) is 14.2 Å². The first kappa shape index (κ1) is 16.0. The average molecular weight is 341 g/mol. The summed E-state index contributed by atoms with van der Waals surface area (Å²) >= 11 is 0. The Morgan fingerprint density at radius 3 is 2.44 bits per heavy atom. The van der Waals surface area contributed by atoms with E-state index < -0.39 is 0 Å². The van der Waals surface area contributed by atoms with Gasteiger partial charge in [-0.25, -0.2) is 0 Å². The molecule has 2 spiro atoms. The number of benzene rings is 1. The van der Waals surface area contributed by atoms with Gasteiger partial charge in [0, 0.05) is 16.5 Å². The second-order valence-electron chi connectivity index (χ2n) is 9.94. The van der Waals surface area contributed by atoms with Gasteiger partial charge in [-0.1, -0.05) is 27.2 Å². The largest absolute Gasteiger partial charge is 0.496 e. The van der Waals surface area contributed by atoms with Crippen LogP contribution in [0.1, 0.15) is 70.4 Å². The third-order valence-electron chi connectivity index (χ3n) is 9.53. The van der Waals surface area contributed by atoms with Crippen molar-refractivity contribution >= 4 is 0 Å². The molecular weight excluding hydrogens is 308 g/mol. The topological polar surface area (TPSA) is 18.5 Å². The highest BCUT2D eigenvalue weighted by atomic mass is 16.5. The molecule has 3 fully saturated rings. The fraction of sp³-hybridized carbons (Fsp3) is 0.739. The summed E-state index contributed by atoms with van der Waals surface area (Å²) in [5, 5.41) is 0. The molecule has 0 N–H and O–H groups in total. The van der Waals surface area contributed by atoms with Crippen molar-refractivity contribution in [3.63, 3.8) is 0 Å². The van der Waals surface area contributed by atoms with Crippen molar-refractivity contribution in [1.82, 2.24) is 0 Å². The van der Waals surface area contributed by atoms with Crippen LogP contribution < -0.4 is 9.47 Å². The molecule has 5 atom stereocenters. The Bertz CT molecular complexity index is 755. The molecule has 136 valence electrons. The van der Waals surface area contributed by atoms with Crippen LogP contribution in [0.3, 0.4) is 0 Å². The smallest absolute Gasteiger partial charge is 0.123 e. The van der Waals surface area contributed by atoms with Crippen LogP contribution in [0, 0.1) is 22.2 Å². The molecule has 0 unspecified atom stereocenters. The molecule has 0 radical (unpaired) electrons. The molecule has 2 nitrogen and oxygen atoms in total. The molecule has 0 saturated heterocycles. The third-order valence-corrected chi connectivity index (χ3v) is 9.53. The highest BCUT2D eigenvalue weighted by Crippen LogP contribution is 2.87. The number of fused-ring (bicyclic) bond motifs is 1. The van der Waals surface area contributed by atoms with Crippen molar-refractivity contribution in [3.8, 4) is 11.5 Å². The standard InChI is InChI=1S/C23H32O2/c1-15-9-12-22-14-20(22,2)10-6-11-23(22)19-16(13-21(15,23)3)17(24-4)7-8-18(19)25-5/h7-8,15H,6,9-14H2,1-5H3/t15-,20+,21+,22-,23+/m1/s1. The van der Waals surface area contributed by atoms with E-state index in [1.165, 1.54) is 49.7 Å². The van der Waals surface area contributed by atoms with E-state index in [9.17, 15) is 0 Å². The molecule has 5 rings (SSSR count). The van der Waals surface area contributed by atoms with Crippen molar-refractivity contribution in [2.24, 2.45) is 22.2 Å². The normalized spacial score (nSPS) is 46.5. The van der Waals surface area contributed by atoms with E-state index in [2.05, 4.69) is 32.9 Å². The van der Waals surface area contributed by atoms with Crippen LogP contribution in [0.25, 0.3) is 0 Å². The van der Waals surface area contributed by atoms with E-state index in [1.54, 1.807) is 0 Å². The first-order chi connectivity index (χ1) is 11.9. The molecule has 1 aromatic carbocycles. The summed E-state index contributed by atoms with van der Waals surface area (Å²) < 4.78 is 11.8. The quantitative estimate of drug-likeness (QED) is 0.706. The molecule has 0 bridgehead atoms. The van der Waals surface area contributed by atoms with E-state index in [1.807, 2.05) is 14.2 Å². The number of rotatable bonds is 2. The van der Waals surface area contributed by atoms with Crippen LogP contribution in [0.15, 0.2) is 12.1 Å². The van der Waals surface area contributed by atoms with Gasteiger partial charge < -0.3 is 9.47 Å². The minimum absolute atomic E-state index is 0.278. The molecule has 1 aromatic rings. The lowest BCUT2D eigenvalue weighted by Crippen LogP contribution is -2.57.